The Morgan fingerprint density at radius 1 is 1.00 bits per heavy atom. The zero-order valence-electron chi connectivity index (χ0n) is 9.72. The van der Waals surface area contributed by atoms with Crippen LogP contribution in [0.5, 0.6) is 0 Å². The van der Waals surface area contributed by atoms with Gasteiger partial charge in [0.2, 0.25) is 0 Å². The summed E-state index contributed by atoms with van der Waals surface area (Å²) in [6.45, 7) is 0. The lowest BCUT2D eigenvalue weighted by Gasteiger charge is -2.09. The Hall–Kier alpha value is -1.34. The largest absolute Gasteiger partial charge is 0.261 e. The van der Waals surface area contributed by atoms with Gasteiger partial charge < -0.3 is 0 Å². The van der Waals surface area contributed by atoms with Crippen LogP contribution in [0.25, 0.3) is 0 Å². The number of benzene rings is 1. The molecule has 2 aromatic rings. The molecule has 1 nitrogen and oxygen atoms in total. The fourth-order valence-electron chi connectivity index (χ4n) is 1.84. The highest BCUT2D eigenvalue weighted by atomic mass is 35.5. The van der Waals surface area contributed by atoms with Crippen molar-refractivity contribution in [3.8, 4) is 0 Å². The lowest BCUT2D eigenvalue weighted by Crippen LogP contribution is -1.94. The molecular formula is C15H16ClN. The molecule has 17 heavy (non-hydrogen) atoms. The maximum absolute atomic E-state index is 6.35. The molecule has 0 aliphatic carbocycles. The Morgan fingerprint density at radius 3 is 2.47 bits per heavy atom. The van der Waals surface area contributed by atoms with Crippen molar-refractivity contribution in [3.05, 3.63) is 66.0 Å². The highest BCUT2D eigenvalue weighted by Crippen LogP contribution is 2.25. The Morgan fingerprint density at radius 2 is 1.76 bits per heavy atom. The zero-order valence-corrected chi connectivity index (χ0v) is 10.5. The van der Waals surface area contributed by atoms with Crippen molar-refractivity contribution in [3.63, 3.8) is 0 Å². The maximum atomic E-state index is 6.35. The normalized spacial score (nSPS) is 12.3. The number of halogens is 1. The van der Waals surface area contributed by atoms with Gasteiger partial charge in [0.15, 0.2) is 0 Å². The minimum atomic E-state index is 0.111. The first-order valence-electron chi connectivity index (χ1n) is 5.95. The number of aromatic nitrogens is 1. The molecule has 0 spiro atoms. The van der Waals surface area contributed by atoms with Crippen LogP contribution in [0.1, 0.15) is 29.5 Å². The molecule has 88 valence electrons. The van der Waals surface area contributed by atoms with E-state index in [1.807, 2.05) is 36.5 Å². The Balaban J connectivity index is 1.79. The minimum Gasteiger partial charge on any atom is -0.261 e. The minimum absolute atomic E-state index is 0.111. The van der Waals surface area contributed by atoms with Gasteiger partial charge in [0, 0.05) is 11.9 Å². The second kappa shape index (κ2) is 6.41. The summed E-state index contributed by atoms with van der Waals surface area (Å²) in [5, 5.41) is 0.111. The van der Waals surface area contributed by atoms with E-state index in [4.69, 9.17) is 11.6 Å². The summed E-state index contributed by atoms with van der Waals surface area (Å²) in [5.74, 6) is 0. The summed E-state index contributed by atoms with van der Waals surface area (Å²) < 4.78 is 0. The molecule has 0 saturated carbocycles. The van der Waals surface area contributed by atoms with Gasteiger partial charge >= 0.3 is 0 Å². The van der Waals surface area contributed by atoms with E-state index in [9.17, 15) is 0 Å². The van der Waals surface area contributed by atoms with Crippen LogP contribution in [0, 0.1) is 0 Å². The number of alkyl halides is 1. The van der Waals surface area contributed by atoms with Crippen molar-refractivity contribution in [2.45, 2.75) is 24.6 Å². The highest BCUT2D eigenvalue weighted by molar-refractivity contribution is 6.20. The molecule has 2 rings (SSSR count). The summed E-state index contributed by atoms with van der Waals surface area (Å²) in [5.41, 5.74) is 2.35. The Kier molecular flexibility index (Phi) is 4.57. The van der Waals surface area contributed by atoms with Crippen LogP contribution in [-0.2, 0) is 6.42 Å². The standard InChI is InChI=1S/C15H16ClN/c16-15(13-7-2-1-3-8-13)11-6-10-14-9-4-5-12-17-14/h1-5,7-9,12,15H,6,10-11H2. The van der Waals surface area contributed by atoms with Gasteiger partial charge in [-0.1, -0.05) is 36.4 Å². The third-order valence-electron chi connectivity index (χ3n) is 2.78. The summed E-state index contributed by atoms with van der Waals surface area (Å²) >= 11 is 6.35. The number of aryl methyl sites for hydroxylation is 1. The molecule has 2 heteroatoms. The van der Waals surface area contributed by atoms with Gasteiger partial charge in [-0.3, -0.25) is 4.98 Å². The smallest absolute Gasteiger partial charge is 0.0585 e. The number of rotatable bonds is 5. The van der Waals surface area contributed by atoms with Crippen molar-refractivity contribution in [2.24, 2.45) is 0 Å². The van der Waals surface area contributed by atoms with Crippen LogP contribution in [-0.4, -0.2) is 4.98 Å². The third-order valence-corrected chi connectivity index (χ3v) is 3.25. The van der Waals surface area contributed by atoms with Gasteiger partial charge in [-0.25, -0.2) is 0 Å². The Bertz CT molecular complexity index is 427. The topological polar surface area (TPSA) is 12.9 Å². The van der Waals surface area contributed by atoms with E-state index >= 15 is 0 Å². The van der Waals surface area contributed by atoms with Crippen LogP contribution in [0.15, 0.2) is 54.7 Å². The van der Waals surface area contributed by atoms with E-state index in [-0.39, 0.29) is 5.38 Å². The molecule has 0 fully saturated rings. The molecule has 0 radical (unpaired) electrons. The number of nitrogens with zero attached hydrogens (tertiary/aromatic N) is 1. The van der Waals surface area contributed by atoms with Crippen molar-refractivity contribution in [1.29, 1.82) is 0 Å². The molecule has 0 aliphatic rings. The number of hydrogen-bond acceptors (Lipinski definition) is 1. The molecule has 0 saturated heterocycles. The van der Waals surface area contributed by atoms with Gasteiger partial charge in [-0.05, 0) is 37.0 Å². The van der Waals surface area contributed by atoms with E-state index in [0.29, 0.717) is 0 Å². The van der Waals surface area contributed by atoms with Gasteiger partial charge in [0.05, 0.1) is 5.38 Å². The number of hydrogen-bond donors (Lipinski definition) is 0. The highest BCUT2D eigenvalue weighted by Gasteiger charge is 2.06. The lowest BCUT2D eigenvalue weighted by atomic mass is 10.1. The van der Waals surface area contributed by atoms with E-state index in [0.717, 1.165) is 25.0 Å². The average Bonchev–Trinajstić information content (AvgIpc) is 2.41. The zero-order chi connectivity index (χ0) is 11.9. The quantitative estimate of drug-likeness (QED) is 0.713. The first-order valence-corrected chi connectivity index (χ1v) is 6.39. The molecule has 1 atom stereocenters. The molecule has 1 aromatic heterocycles. The van der Waals surface area contributed by atoms with Crippen LogP contribution >= 0.6 is 11.6 Å². The van der Waals surface area contributed by atoms with Crippen LogP contribution < -0.4 is 0 Å². The van der Waals surface area contributed by atoms with E-state index in [2.05, 4.69) is 23.2 Å². The third kappa shape index (κ3) is 3.86. The maximum Gasteiger partial charge on any atom is 0.0585 e. The van der Waals surface area contributed by atoms with Crippen molar-refractivity contribution < 1.29 is 0 Å². The molecular weight excluding hydrogens is 230 g/mol. The van der Waals surface area contributed by atoms with Crippen molar-refractivity contribution >= 4 is 11.6 Å². The summed E-state index contributed by atoms with van der Waals surface area (Å²) in [4.78, 5) is 4.31. The fourth-order valence-corrected chi connectivity index (χ4v) is 2.14. The predicted molar refractivity (Wildman–Crippen MR) is 72.2 cm³/mol. The molecule has 0 amide bonds. The summed E-state index contributed by atoms with van der Waals surface area (Å²) in [7, 11) is 0. The molecule has 1 aromatic carbocycles. The molecule has 1 unspecified atom stereocenters. The summed E-state index contributed by atoms with van der Waals surface area (Å²) in [6.07, 6.45) is 4.89. The molecule has 0 bridgehead atoms. The predicted octanol–water partition coefficient (Wildman–Crippen LogP) is 4.38. The van der Waals surface area contributed by atoms with Crippen LogP contribution in [0.2, 0.25) is 0 Å². The van der Waals surface area contributed by atoms with Gasteiger partial charge in [-0.15, -0.1) is 11.6 Å². The summed E-state index contributed by atoms with van der Waals surface area (Å²) in [6, 6.07) is 16.3. The molecule has 1 heterocycles. The molecule has 0 N–H and O–H groups in total. The monoisotopic (exact) mass is 245 g/mol. The molecule has 0 aliphatic heterocycles. The van der Waals surface area contributed by atoms with Crippen molar-refractivity contribution in [2.75, 3.05) is 0 Å². The van der Waals surface area contributed by atoms with Gasteiger partial charge in [0.1, 0.15) is 0 Å². The average molecular weight is 246 g/mol. The van der Waals surface area contributed by atoms with E-state index in [1.165, 1.54) is 5.56 Å². The first kappa shape index (κ1) is 12.1. The Labute approximate surface area is 107 Å². The van der Waals surface area contributed by atoms with E-state index in [1.54, 1.807) is 0 Å². The first-order chi connectivity index (χ1) is 8.36. The van der Waals surface area contributed by atoms with Crippen LogP contribution in [0.4, 0.5) is 0 Å². The van der Waals surface area contributed by atoms with Crippen LogP contribution in [0.3, 0.4) is 0 Å². The SMILES string of the molecule is ClC(CCCc1ccccn1)c1ccccc1. The van der Waals surface area contributed by atoms with Crippen molar-refractivity contribution in [1.82, 2.24) is 4.98 Å². The van der Waals surface area contributed by atoms with E-state index < -0.39 is 0 Å². The second-order valence-electron chi connectivity index (χ2n) is 4.09. The lowest BCUT2D eigenvalue weighted by molar-refractivity contribution is 0.706. The van der Waals surface area contributed by atoms with Gasteiger partial charge in [0.25, 0.3) is 0 Å². The number of pyridine rings is 1. The second-order valence-corrected chi connectivity index (χ2v) is 4.62. The fraction of sp³-hybridized carbons (Fsp3) is 0.267. The van der Waals surface area contributed by atoms with Gasteiger partial charge in [-0.2, -0.15) is 0 Å².